The van der Waals surface area contributed by atoms with Crippen LogP contribution >= 0.6 is 0 Å². The van der Waals surface area contributed by atoms with Crippen molar-refractivity contribution in [1.82, 2.24) is 9.78 Å². The van der Waals surface area contributed by atoms with Gasteiger partial charge in [0.1, 0.15) is 11.6 Å². The standard InChI is InChI=1S/C13H14FN3O2/c14-11-4-2-1-3-10(11)8-17-13(15)9(7-16-17)5-6-12(18)19/h1-4,7H,5-6,8,15H2,(H,18,19). The second kappa shape index (κ2) is 5.51. The predicted octanol–water partition coefficient (Wildman–Crippen LogP) is 1.67. The lowest BCUT2D eigenvalue weighted by Crippen LogP contribution is -2.08. The molecule has 19 heavy (non-hydrogen) atoms. The summed E-state index contributed by atoms with van der Waals surface area (Å²) in [6.45, 7) is 0.228. The number of aromatic nitrogens is 2. The minimum absolute atomic E-state index is 0.00437. The van der Waals surface area contributed by atoms with Gasteiger partial charge in [-0.1, -0.05) is 18.2 Å². The van der Waals surface area contributed by atoms with E-state index in [1.54, 1.807) is 18.2 Å². The molecule has 0 spiro atoms. The van der Waals surface area contributed by atoms with Crippen molar-refractivity contribution >= 4 is 11.8 Å². The Morgan fingerprint density at radius 2 is 2.11 bits per heavy atom. The van der Waals surface area contributed by atoms with E-state index in [9.17, 15) is 9.18 Å². The second-order valence-electron chi connectivity index (χ2n) is 4.20. The van der Waals surface area contributed by atoms with Crippen LogP contribution in [-0.2, 0) is 17.8 Å². The average molecular weight is 263 g/mol. The molecule has 0 fully saturated rings. The molecule has 1 aromatic heterocycles. The number of halogens is 1. The van der Waals surface area contributed by atoms with Gasteiger partial charge in [-0.05, 0) is 12.5 Å². The molecule has 1 heterocycles. The van der Waals surface area contributed by atoms with Gasteiger partial charge in [-0.3, -0.25) is 4.79 Å². The molecule has 6 heteroatoms. The highest BCUT2D eigenvalue weighted by Gasteiger charge is 2.10. The number of aryl methyl sites for hydroxylation is 1. The number of nitrogen functional groups attached to an aromatic ring is 1. The maximum Gasteiger partial charge on any atom is 0.303 e. The second-order valence-corrected chi connectivity index (χ2v) is 4.20. The van der Waals surface area contributed by atoms with Crippen LogP contribution in [0.2, 0.25) is 0 Å². The molecule has 0 atom stereocenters. The summed E-state index contributed by atoms with van der Waals surface area (Å²) < 4.78 is 15.0. The largest absolute Gasteiger partial charge is 0.481 e. The zero-order valence-corrected chi connectivity index (χ0v) is 10.2. The number of anilines is 1. The summed E-state index contributed by atoms with van der Waals surface area (Å²) in [6, 6.07) is 6.39. The van der Waals surface area contributed by atoms with Crippen molar-refractivity contribution in [3.05, 3.63) is 47.4 Å². The lowest BCUT2D eigenvalue weighted by Gasteiger charge is -2.06. The van der Waals surface area contributed by atoms with E-state index in [1.807, 2.05) is 0 Å². The first kappa shape index (κ1) is 13.1. The van der Waals surface area contributed by atoms with Crippen LogP contribution in [0.25, 0.3) is 0 Å². The van der Waals surface area contributed by atoms with Crippen LogP contribution in [0.1, 0.15) is 17.5 Å². The van der Waals surface area contributed by atoms with E-state index in [0.29, 0.717) is 23.4 Å². The topological polar surface area (TPSA) is 81.1 Å². The van der Waals surface area contributed by atoms with Gasteiger partial charge in [0, 0.05) is 17.5 Å². The van der Waals surface area contributed by atoms with Crippen LogP contribution < -0.4 is 5.73 Å². The molecule has 1 aromatic carbocycles. The smallest absolute Gasteiger partial charge is 0.303 e. The number of aliphatic carboxylic acids is 1. The number of carboxylic acids is 1. The van der Waals surface area contributed by atoms with Crippen LogP contribution in [0.3, 0.4) is 0 Å². The fraction of sp³-hybridized carbons (Fsp3) is 0.231. The van der Waals surface area contributed by atoms with E-state index < -0.39 is 5.97 Å². The Morgan fingerprint density at radius 1 is 1.37 bits per heavy atom. The molecule has 3 N–H and O–H groups in total. The molecule has 0 aliphatic heterocycles. The molecular weight excluding hydrogens is 249 g/mol. The first-order chi connectivity index (χ1) is 9.08. The summed E-state index contributed by atoms with van der Waals surface area (Å²) in [5.41, 5.74) is 7.03. The van der Waals surface area contributed by atoms with Crippen LogP contribution in [0.5, 0.6) is 0 Å². The lowest BCUT2D eigenvalue weighted by molar-refractivity contribution is -0.136. The minimum atomic E-state index is -0.888. The maximum atomic E-state index is 13.5. The minimum Gasteiger partial charge on any atom is -0.481 e. The number of hydrogen-bond donors (Lipinski definition) is 2. The van der Waals surface area contributed by atoms with Crippen molar-refractivity contribution in [2.24, 2.45) is 0 Å². The van der Waals surface area contributed by atoms with Crippen LogP contribution in [0, 0.1) is 5.82 Å². The molecule has 0 aliphatic carbocycles. The lowest BCUT2D eigenvalue weighted by atomic mass is 10.2. The third-order valence-electron chi connectivity index (χ3n) is 2.85. The van der Waals surface area contributed by atoms with Gasteiger partial charge in [-0.25, -0.2) is 9.07 Å². The van der Waals surface area contributed by atoms with E-state index in [4.69, 9.17) is 10.8 Å². The monoisotopic (exact) mass is 263 g/mol. The normalized spacial score (nSPS) is 10.6. The Morgan fingerprint density at radius 3 is 2.79 bits per heavy atom. The number of benzene rings is 1. The zero-order chi connectivity index (χ0) is 13.8. The Kier molecular flexibility index (Phi) is 3.79. The summed E-state index contributed by atoms with van der Waals surface area (Å²) in [6.07, 6.45) is 1.84. The third kappa shape index (κ3) is 3.09. The molecule has 0 aliphatic rings. The van der Waals surface area contributed by atoms with E-state index in [0.717, 1.165) is 0 Å². The summed E-state index contributed by atoms with van der Waals surface area (Å²) in [4.78, 5) is 10.5. The number of carbonyl (C=O) groups is 1. The van der Waals surface area contributed by atoms with Gasteiger partial charge in [0.25, 0.3) is 0 Å². The molecule has 0 radical (unpaired) electrons. The molecule has 0 bridgehead atoms. The number of nitrogens with two attached hydrogens (primary N) is 1. The molecular formula is C13H14FN3O2. The summed E-state index contributed by atoms with van der Waals surface area (Å²) in [5.74, 6) is -0.824. The highest BCUT2D eigenvalue weighted by molar-refractivity contribution is 5.67. The van der Waals surface area contributed by atoms with E-state index in [2.05, 4.69) is 5.10 Å². The predicted molar refractivity (Wildman–Crippen MR) is 68.1 cm³/mol. The Labute approximate surface area is 109 Å². The molecule has 0 saturated carbocycles. The van der Waals surface area contributed by atoms with Gasteiger partial charge in [0.05, 0.1) is 12.7 Å². The number of nitrogens with zero attached hydrogens (tertiary/aromatic N) is 2. The fourth-order valence-electron chi connectivity index (χ4n) is 1.78. The zero-order valence-electron chi connectivity index (χ0n) is 10.2. The van der Waals surface area contributed by atoms with Gasteiger partial charge in [0.2, 0.25) is 0 Å². The summed E-state index contributed by atoms with van der Waals surface area (Å²) >= 11 is 0. The first-order valence-electron chi connectivity index (χ1n) is 5.83. The van der Waals surface area contributed by atoms with Crippen LogP contribution in [0.15, 0.2) is 30.5 Å². The molecule has 5 nitrogen and oxygen atoms in total. The number of hydrogen-bond acceptors (Lipinski definition) is 3. The van der Waals surface area contributed by atoms with Gasteiger partial charge in [0.15, 0.2) is 0 Å². The summed E-state index contributed by atoms with van der Waals surface area (Å²) in [5, 5.41) is 12.7. The van der Waals surface area contributed by atoms with Crippen LogP contribution in [-0.4, -0.2) is 20.9 Å². The van der Waals surface area contributed by atoms with Crippen molar-refractivity contribution in [3.63, 3.8) is 0 Å². The van der Waals surface area contributed by atoms with Crippen molar-refractivity contribution in [3.8, 4) is 0 Å². The van der Waals surface area contributed by atoms with E-state index >= 15 is 0 Å². The van der Waals surface area contributed by atoms with Gasteiger partial charge < -0.3 is 10.8 Å². The highest BCUT2D eigenvalue weighted by Crippen LogP contribution is 2.16. The SMILES string of the molecule is Nc1c(CCC(=O)O)cnn1Cc1ccccc1F. The molecule has 0 amide bonds. The fourth-order valence-corrected chi connectivity index (χ4v) is 1.78. The Bertz CT molecular complexity index is 595. The van der Waals surface area contributed by atoms with Crippen molar-refractivity contribution in [2.75, 3.05) is 5.73 Å². The number of carboxylic acid groups (broad SMARTS) is 1. The molecule has 0 saturated heterocycles. The third-order valence-corrected chi connectivity index (χ3v) is 2.85. The maximum absolute atomic E-state index is 13.5. The van der Waals surface area contributed by atoms with Gasteiger partial charge in [-0.15, -0.1) is 0 Å². The average Bonchev–Trinajstić information content (AvgIpc) is 2.71. The van der Waals surface area contributed by atoms with Gasteiger partial charge in [-0.2, -0.15) is 5.10 Å². The summed E-state index contributed by atoms with van der Waals surface area (Å²) in [7, 11) is 0. The van der Waals surface area contributed by atoms with Crippen molar-refractivity contribution in [1.29, 1.82) is 0 Å². The number of rotatable bonds is 5. The Hall–Kier alpha value is -2.37. The quantitative estimate of drug-likeness (QED) is 0.859. The van der Waals surface area contributed by atoms with Crippen molar-refractivity contribution < 1.29 is 14.3 Å². The Balaban J connectivity index is 2.14. The van der Waals surface area contributed by atoms with Crippen LogP contribution in [0.4, 0.5) is 10.2 Å². The first-order valence-corrected chi connectivity index (χ1v) is 5.83. The van der Waals surface area contributed by atoms with E-state index in [1.165, 1.54) is 16.9 Å². The highest BCUT2D eigenvalue weighted by atomic mass is 19.1. The van der Waals surface area contributed by atoms with Crippen molar-refractivity contribution in [2.45, 2.75) is 19.4 Å². The molecule has 0 unspecified atom stereocenters. The molecule has 2 aromatic rings. The molecule has 100 valence electrons. The molecule has 2 rings (SSSR count). The van der Waals surface area contributed by atoms with E-state index in [-0.39, 0.29) is 18.8 Å². The van der Waals surface area contributed by atoms with Gasteiger partial charge >= 0.3 is 5.97 Å².